The second-order valence-corrected chi connectivity index (χ2v) is 3.84. The SMILES string of the molecule is Sc1ccccc1NCc1ccccc1. The lowest BCUT2D eigenvalue weighted by Gasteiger charge is -2.08. The first-order valence-corrected chi connectivity index (χ1v) is 5.37. The highest BCUT2D eigenvalue weighted by molar-refractivity contribution is 7.80. The van der Waals surface area contributed by atoms with Crippen LogP contribution in [0.5, 0.6) is 0 Å². The van der Waals surface area contributed by atoms with E-state index in [-0.39, 0.29) is 0 Å². The average molecular weight is 215 g/mol. The molecule has 0 aliphatic rings. The largest absolute Gasteiger partial charge is 0.380 e. The van der Waals surface area contributed by atoms with Gasteiger partial charge in [-0.25, -0.2) is 0 Å². The summed E-state index contributed by atoms with van der Waals surface area (Å²) in [5, 5.41) is 3.35. The quantitative estimate of drug-likeness (QED) is 0.746. The molecule has 0 unspecified atom stereocenters. The molecule has 2 aromatic rings. The van der Waals surface area contributed by atoms with Crippen LogP contribution in [-0.4, -0.2) is 0 Å². The van der Waals surface area contributed by atoms with Crippen molar-refractivity contribution in [1.29, 1.82) is 0 Å². The average Bonchev–Trinajstić information content (AvgIpc) is 2.29. The predicted molar refractivity (Wildman–Crippen MR) is 67.5 cm³/mol. The van der Waals surface area contributed by atoms with E-state index in [1.54, 1.807) is 0 Å². The third-order valence-electron chi connectivity index (χ3n) is 2.23. The molecule has 0 spiro atoms. The lowest BCUT2D eigenvalue weighted by atomic mass is 10.2. The van der Waals surface area contributed by atoms with Crippen molar-refractivity contribution in [1.82, 2.24) is 0 Å². The summed E-state index contributed by atoms with van der Waals surface area (Å²) in [5.74, 6) is 0. The van der Waals surface area contributed by atoms with Crippen molar-refractivity contribution in [2.24, 2.45) is 0 Å². The highest BCUT2D eigenvalue weighted by Gasteiger charge is 1.96. The highest BCUT2D eigenvalue weighted by atomic mass is 32.1. The van der Waals surface area contributed by atoms with Crippen LogP contribution in [0.3, 0.4) is 0 Å². The van der Waals surface area contributed by atoms with Crippen molar-refractivity contribution in [3.8, 4) is 0 Å². The molecule has 0 saturated carbocycles. The normalized spacial score (nSPS) is 9.93. The summed E-state index contributed by atoms with van der Waals surface area (Å²) in [5.41, 5.74) is 2.35. The zero-order valence-corrected chi connectivity index (χ0v) is 9.24. The van der Waals surface area contributed by atoms with Crippen LogP contribution >= 0.6 is 12.6 Å². The van der Waals surface area contributed by atoms with Gasteiger partial charge in [0.15, 0.2) is 0 Å². The standard InChI is InChI=1S/C13H13NS/c15-13-9-5-4-8-12(13)14-10-11-6-2-1-3-7-11/h1-9,14-15H,10H2. The van der Waals surface area contributed by atoms with Gasteiger partial charge in [0.05, 0.1) is 0 Å². The monoisotopic (exact) mass is 215 g/mol. The van der Waals surface area contributed by atoms with Crippen molar-refractivity contribution in [2.75, 3.05) is 5.32 Å². The highest BCUT2D eigenvalue weighted by Crippen LogP contribution is 2.19. The molecule has 15 heavy (non-hydrogen) atoms. The molecule has 0 radical (unpaired) electrons. The molecular formula is C13H13NS. The summed E-state index contributed by atoms with van der Waals surface area (Å²) >= 11 is 4.38. The van der Waals surface area contributed by atoms with Gasteiger partial charge in [0.1, 0.15) is 0 Å². The van der Waals surface area contributed by atoms with E-state index in [0.29, 0.717) is 0 Å². The van der Waals surface area contributed by atoms with Gasteiger partial charge in [0.2, 0.25) is 0 Å². The molecule has 0 fully saturated rings. The van der Waals surface area contributed by atoms with E-state index in [0.717, 1.165) is 17.1 Å². The molecule has 0 atom stereocenters. The van der Waals surface area contributed by atoms with Crippen LogP contribution in [0.4, 0.5) is 5.69 Å². The topological polar surface area (TPSA) is 12.0 Å². The molecule has 0 heterocycles. The number of nitrogens with one attached hydrogen (secondary N) is 1. The van der Waals surface area contributed by atoms with Crippen LogP contribution in [-0.2, 0) is 6.54 Å². The third kappa shape index (κ3) is 2.77. The van der Waals surface area contributed by atoms with Gasteiger partial charge in [0.25, 0.3) is 0 Å². The summed E-state index contributed by atoms with van der Waals surface area (Å²) in [6.45, 7) is 0.832. The Morgan fingerprint density at radius 2 is 1.53 bits per heavy atom. The summed E-state index contributed by atoms with van der Waals surface area (Å²) in [6, 6.07) is 18.3. The van der Waals surface area contributed by atoms with Gasteiger partial charge in [-0.3, -0.25) is 0 Å². The summed E-state index contributed by atoms with van der Waals surface area (Å²) in [6.07, 6.45) is 0. The van der Waals surface area contributed by atoms with Crippen molar-refractivity contribution < 1.29 is 0 Å². The van der Waals surface area contributed by atoms with Crippen LogP contribution in [0.2, 0.25) is 0 Å². The minimum atomic E-state index is 0.832. The minimum absolute atomic E-state index is 0.832. The van der Waals surface area contributed by atoms with E-state index in [9.17, 15) is 0 Å². The Kier molecular flexibility index (Phi) is 3.30. The van der Waals surface area contributed by atoms with E-state index in [1.807, 2.05) is 42.5 Å². The number of hydrogen-bond acceptors (Lipinski definition) is 2. The fourth-order valence-electron chi connectivity index (χ4n) is 1.42. The zero-order chi connectivity index (χ0) is 10.5. The molecule has 0 aromatic heterocycles. The molecule has 0 amide bonds. The van der Waals surface area contributed by atoms with E-state index in [2.05, 4.69) is 30.1 Å². The summed E-state index contributed by atoms with van der Waals surface area (Å²) in [4.78, 5) is 0.980. The van der Waals surface area contributed by atoms with E-state index in [1.165, 1.54) is 5.56 Å². The zero-order valence-electron chi connectivity index (χ0n) is 8.35. The second kappa shape index (κ2) is 4.89. The van der Waals surface area contributed by atoms with Gasteiger partial charge in [-0.15, -0.1) is 12.6 Å². The van der Waals surface area contributed by atoms with Gasteiger partial charge in [0, 0.05) is 17.1 Å². The van der Waals surface area contributed by atoms with Crippen molar-refractivity contribution >= 4 is 18.3 Å². The Balaban J connectivity index is 2.03. The van der Waals surface area contributed by atoms with Crippen LogP contribution in [0.25, 0.3) is 0 Å². The summed E-state index contributed by atoms with van der Waals surface area (Å²) in [7, 11) is 0. The molecule has 2 heteroatoms. The number of benzene rings is 2. The Hall–Kier alpha value is -1.41. The minimum Gasteiger partial charge on any atom is -0.380 e. The van der Waals surface area contributed by atoms with Gasteiger partial charge >= 0.3 is 0 Å². The van der Waals surface area contributed by atoms with Gasteiger partial charge < -0.3 is 5.32 Å². The Bertz CT molecular complexity index is 426. The maximum absolute atomic E-state index is 4.38. The Morgan fingerprint density at radius 1 is 0.867 bits per heavy atom. The summed E-state index contributed by atoms with van der Waals surface area (Å²) < 4.78 is 0. The van der Waals surface area contributed by atoms with E-state index in [4.69, 9.17) is 0 Å². The molecule has 2 aromatic carbocycles. The fraction of sp³-hybridized carbons (Fsp3) is 0.0769. The molecule has 1 nitrogen and oxygen atoms in total. The second-order valence-electron chi connectivity index (χ2n) is 3.36. The number of hydrogen-bond donors (Lipinski definition) is 2. The fourth-order valence-corrected chi connectivity index (χ4v) is 1.66. The van der Waals surface area contributed by atoms with Crippen LogP contribution in [0, 0.1) is 0 Å². The number of anilines is 1. The smallest absolute Gasteiger partial charge is 0.0478 e. The van der Waals surface area contributed by atoms with Crippen LogP contribution in [0.1, 0.15) is 5.56 Å². The first-order valence-electron chi connectivity index (χ1n) is 4.92. The number of para-hydroxylation sites is 1. The third-order valence-corrected chi connectivity index (χ3v) is 2.62. The maximum atomic E-state index is 4.38. The predicted octanol–water partition coefficient (Wildman–Crippen LogP) is 3.59. The van der Waals surface area contributed by atoms with Gasteiger partial charge in [-0.1, -0.05) is 42.5 Å². The maximum Gasteiger partial charge on any atom is 0.0478 e. The van der Waals surface area contributed by atoms with Crippen molar-refractivity contribution in [3.63, 3.8) is 0 Å². The van der Waals surface area contributed by atoms with E-state index < -0.39 is 0 Å². The Labute approximate surface area is 95.6 Å². The Morgan fingerprint density at radius 3 is 2.27 bits per heavy atom. The van der Waals surface area contributed by atoms with Gasteiger partial charge in [-0.2, -0.15) is 0 Å². The van der Waals surface area contributed by atoms with Crippen LogP contribution < -0.4 is 5.32 Å². The van der Waals surface area contributed by atoms with Crippen molar-refractivity contribution in [2.45, 2.75) is 11.4 Å². The van der Waals surface area contributed by atoms with Crippen molar-refractivity contribution in [3.05, 3.63) is 60.2 Å². The molecular weight excluding hydrogens is 202 g/mol. The molecule has 0 aliphatic carbocycles. The number of rotatable bonds is 3. The number of thiol groups is 1. The molecule has 0 aliphatic heterocycles. The molecule has 1 N–H and O–H groups in total. The lowest BCUT2D eigenvalue weighted by molar-refractivity contribution is 1.13. The first-order chi connectivity index (χ1) is 7.36. The molecule has 2 rings (SSSR count). The molecule has 0 saturated heterocycles. The first kappa shape index (κ1) is 10.1. The molecule has 0 bridgehead atoms. The van der Waals surface area contributed by atoms with E-state index >= 15 is 0 Å². The molecule has 76 valence electrons. The van der Waals surface area contributed by atoms with Gasteiger partial charge in [-0.05, 0) is 17.7 Å². The van der Waals surface area contributed by atoms with Crippen LogP contribution in [0.15, 0.2) is 59.5 Å². The lowest BCUT2D eigenvalue weighted by Crippen LogP contribution is -1.99.